The zero-order valence-electron chi connectivity index (χ0n) is 14.8. The van der Waals surface area contributed by atoms with Crippen LogP contribution in [0.25, 0.3) is 22.1 Å². The maximum Gasteiger partial charge on any atom is 0.194 e. The van der Waals surface area contributed by atoms with Crippen LogP contribution >= 0.6 is 0 Å². The Kier molecular flexibility index (Phi) is 3.63. The number of furan rings is 1. The van der Waals surface area contributed by atoms with Crippen molar-refractivity contribution < 1.29 is 4.42 Å². The largest absolute Gasteiger partial charge is 0.452 e. The Balaban J connectivity index is 1.85. The van der Waals surface area contributed by atoms with Crippen molar-refractivity contribution in [2.75, 3.05) is 4.90 Å². The highest BCUT2D eigenvalue weighted by Gasteiger charge is 2.32. The first kappa shape index (κ1) is 15.3. The van der Waals surface area contributed by atoms with Gasteiger partial charge in [-0.1, -0.05) is 45.1 Å². The number of benzene rings is 1. The lowest BCUT2D eigenvalue weighted by molar-refractivity contribution is 0.665. The molecule has 3 nitrogen and oxygen atoms in total. The smallest absolute Gasteiger partial charge is 0.194 e. The van der Waals surface area contributed by atoms with Crippen molar-refractivity contribution in [1.29, 1.82) is 0 Å². The predicted molar refractivity (Wildman–Crippen MR) is 103 cm³/mol. The molecule has 4 heteroatoms. The van der Waals surface area contributed by atoms with Gasteiger partial charge in [0.15, 0.2) is 17.9 Å². The maximum atomic E-state index is 6.20. The summed E-state index contributed by atoms with van der Waals surface area (Å²) in [6.45, 7) is 9.64. The summed E-state index contributed by atoms with van der Waals surface area (Å²) >= 11 is 0. The third-order valence-electron chi connectivity index (χ3n) is 5.13. The van der Waals surface area contributed by atoms with E-state index in [4.69, 9.17) is 4.42 Å². The van der Waals surface area contributed by atoms with Crippen molar-refractivity contribution in [3.8, 4) is 0 Å². The Labute approximate surface area is 143 Å². The van der Waals surface area contributed by atoms with E-state index in [2.05, 4.69) is 61.9 Å². The van der Waals surface area contributed by atoms with Gasteiger partial charge in [-0.05, 0) is 36.9 Å². The van der Waals surface area contributed by atoms with E-state index < -0.39 is 0 Å². The maximum absolute atomic E-state index is 6.20. The van der Waals surface area contributed by atoms with Gasteiger partial charge in [-0.3, -0.25) is 4.98 Å². The second-order valence-corrected chi connectivity index (χ2v) is 7.34. The van der Waals surface area contributed by atoms with Crippen molar-refractivity contribution >= 4 is 34.5 Å². The summed E-state index contributed by atoms with van der Waals surface area (Å²) in [4.78, 5) is 6.89. The van der Waals surface area contributed by atoms with Crippen LogP contribution in [0.4, 0.5) is 5.69 Å². The van der Waals surface area contributed by atoms with Crippen molar-refractivity contribution in [3.05, 3.63) is 48.2 Å². The van der Waals surface area contributed by atoms with Gasteiger partial charge in [-0.15, -0.1) is 0 Å². The van der Waals surface area contributed by atoms with Crippen molar-refractivity contribution in [1.82, 2.24) is 4.98 Å². The summed E-state index contributed by atoms with van der Waals surface area (Å²) in [5.41, 5.74) is 5.17. The van der Waals surface area contributed by atoms with E-state index in [1.54, 1.807) is 0 Å². The SMILES string of the molecule is Cc1ccc2c(oc3cccnc32)c1N1C=CB(CC(C)C)[C@@H]1C. The number of aromatic nitrogens is 1. The average Bonchev–Trinajstić information content (AvgIpc) is 3.09. The third kappa shape index (κ3) is 2.32. The Hall–Kier alpha value is -2.23. The molecule has 0 unspecified atom stereocenters. The van der Waals surface area contributed by atoms with Crippen LogP contribution in [0.1, 0.15) is 26.3 Å². The molecule has 4 rings (SSSR count). The van der Waals surface area contributed by atoms with Gasteiger partial charge < -0.3 is 9.32 Å². The van der Waals surface area contributed by atoms with Gasteiger partial charge in [-0.2, -0.15) is 0 Å². The molecule has 1 aliphatic rings. The molecule has 1 atom stereocenters. The quantitative estimate of drug-likeness (QED) is 0.618. The first-order chi connectivity index (χ1) is 11.6. The van der Waals surface area contributed by atoms with Crippen molar-refractivity contribution in [2.24, 2.45) is 5.92 Å². The number of rotatable bonds is 3. The van der Waals surface area contributed by atoms with Crippen LogP contribution in [0.15, 0.2) is 47.1 Å². The fourth-order valence-electron chi connectivity index (χ4n) is 3.87. The standard InChI is InChI=1S/C20H23BN2O/c1-13(2)12-21-9-11-23(15(21)4)19-14(3)7-8-16-18-17(24-20(16)19)6-5-10-22-18/h5-11,13,15H,12H2,1-4H3/t15-/m0/s1. The molecule has 0 radical (unpaired) electrons. The van der Waals surface area contributed by atoms with E-state index in [1.807, 2.05) is 18.3 Å². The van der Waals surface area contributed by atoms with Gasteiger partial charge in [0.25, 0.3) is 0 Å². The molecular weight excluding hydrogens is 295 g/mol. The molecule has 24 heavy (non-hydrogen) atoms. The molecule has 0 N–H and O–H groups in total. The number of hydrogen-bond acceptors (Lipinski definition) is 3. The minimum atomic E-state index is 0.442. The number of nitrogens with zero attached hydrogens (tertiary/aromatic N) is 2. The molecule has 122 valence electrons. The highest BCUT2D eigenvalue weighted by Crippen LogP contribution is 2.39. The normalized spacial score (nSPS) is 17.8. The van der Waals surface area contributed by atoms with Crippen molar-refractivity contribution in [2.45, 2.75) is 40.0 Å². The summed E-state index contributed by atoms with van der Waals surface area (Å²) in [5, 5.41) is 1.10. The molecule has 1 aliphatic heterocycles. The Morgan fingerprint density at radius 2 is 2.12 bits per heavy atom. The average molecular weight is 318 g/mol. The van der Waals surface area contributed by atoms with E-state index in [0.717, 1.165) is 22.1 Å². The van der Waals surface area contributed by atoms with Crippen LogP contribution in [-0.4, -0.2) is 17.6 Å². The topological polar surface area (TPSA) is 29.3 Å². The lowest BCUT2D eigenvalue weighted by Gasteiger charge is -2.27. The van der Waals surface area contributed by atoms with Gasteiger partial charge in [0.1, 0.15) is 5.52 Å². The highest BCUT2D eigenvalue weighted by atomic mass is 16.3. The minimum absolute atomic E-state index is 0.442. The van der Waals surface area contributed by atoms with Crippen LogP contribution in [-0.2, 0) is 0 Å². The van der Waals surface area contributed by atoms with E-state index >= 15 is 0 Å². The third-order valence-corrected chi connectivity index (χ3v) is 5.13. The summed E-state index contributed by atoms with van der Waals surface area (Å²) in [5.74, 6) is 3.50. The summed E-state index contributed by atoms with van der Waals surface area (Å²) < 4.78 is 6.20. The Bertz CT molecular complexity index is 928. The zero-order valence-corrected chi connectivity index (χ0v) is 14.8. The van der Waals surface area contributed by atoms with Gasteiger partial charge >= 0.3 is 0 Å². The van der Waals surface area contributed by atoms with Gasteiger partial charge in [0, 0.05) is 17.5 Å². The van der Waals surface area contributed by atoms with Crippen LogP contribution in [0.2, 0.25) is 6.32 Å². The number of fused-ring (bicyclic) bond motifs is 3. The van der Waals surface area contributed by atoms with Crippen LogP contribution in [0.3, 0.4) is 0 Å². The van der Waals surface area contributed by atoms with E-state index in [9.17, 15) is 0 Å². The molecule has 0 aliphatic carbocycles. The lowest BCUT2D eigenvalue weighted by atomic mass is 9.42. The molecule has 2 aromatic heterocycles. The van der Waals surface area contributed by atoms with E-state index in [1.165, 1.54) is 17.6 Å². The second-order valence-electron chi connectivity index (χ2n) is 7.34. The summed E-state index contributed by atoms with van der Waals surface area (Å²) in [6, 6.07) is 8.22. The summed E-state index contributed by atoms with van der Waals surface area (Å²) in [6.07, 6.45) is 5.28. The highest BCUT2D eigenvalue weighted by molar-refractivity contribution is 6.67. The molecule has 0 saturated carbocycles. The predicted octanol–water partition coefficient (Wildman–Crippen LogP) is 5.24. The fraction of sp³-hybridized carbons (Fsp3) is 0.350. The summed E-state index contributed by atoms with van der Waals surface area (Å²) in [7, 11) is 0. The van der Waals surface area contributed by atoms with Gasteiger partial charge in [0.2, 0.25) is 0 Å². The first-order valence-electron chi connectivity index (χ1n) is 8.79. The molecular formula is C20H23BN2O. The minimum Gasteiger partial charge on any atom is -0.452 e. The molecule has 3 heterocycles. The molecule has 0 saturated heterocycles. The molecule has 0 fully saturated rings. The first-order valence-corrected chi connectivity index (χ1v) is 8.79. The molecule has 0 spiro atoms. The number of anilines is 1. The molecule has 0 amide bonds. The van der Waals surface area contributed by atoms with Gasteiger partial charge in [0.05, 0.1) is 5.69 Å². The van der Waals surface area contributed by atoms with Crippen LogP contribution < -0.4 is 4.90 Å². The van der Waals surface area contributed by atoms with Gasteiger partial charge in [-0.25, -0.2) is 0 Å². The number of aryl methyl sites for hydroxylation is 1. The molecule has 1 aromatic carbocycles. The zero-order chi connectivity index (χ0) is 16.8. The fourth-order valence-corrected chi connectivity index (χ4v) is 3.87. The molecule has 3 aromatic rings. The Morgan fingerprint density at radius 1 is 1.29 bits per heavy atom. The number of pyridine rings is 1. The second kappa shape index (κ2) is 5.69. The Morgan fingerprint density at radius 3 is 2.92 bits per heavy atom. The van der Waals surface area contributed by atoms with Crippen LogP contribution in [0.5, 0.6) is 0 Å². The monoisotopic (exact) mass is 318 g/mol. The lowest BCUT2D eigenvalue weighted by Crippen LogP contribution is -2.36. The van der Waals surface area contributed by atoms with Crippen LogP contribution in [0, 0.1) is 12.8 Å². The van der Waals surface area contributed by atoms with E-state index in [0.29, 0.717) is 18.6 Å². The molecule has 0 bridgehead atoms. The number of hydrogen-bond donors (Lipinski definition) is 0. The van der Waals surface area contributed by atoms with E-state index in [-0.39, 0.29) is 0 Å². The van der Waals surface area contributed by atoms with Crippen molar-refractivity contribution in [3.63, 3.8) is 0 Å².